The third-order valence-electron chi connectivity index (χ3n) is 4.77. The van der Waals surface area contributed by atoms with Gasteiger partial charge in [0.25, 0.3) is 0 Å². The molecule has 0 heterocycles. The van der Waals surface area contributed by atoms with Crippen LogP contribution in [-0.4, -0.2) is 24.2 Å². The summed E-state index contributed by atoms with van der Waals surface area (Å²) in [6.07, 6.45) is 16.3. The second kappa shape index (κ2) is 11.0. The van der Waals surface area contributed by atoms with Crippen LogP contribution in [0.2, 0.25) is 0 Å². The Balaban J connectivity index is 2.64. The molecule has 0 aliphatic heterocycles. The molecule has 0 fully saturated rings. The lowest BCUT2D eigenvalue weighted by Crippen LogP contribution is -2.23. The molecule has 1 aliphatic carbocycles. The summed E-state index contributed by atoms with van der Waals surface area (Å²) in [5, 5.41) is 11.4. The van der Waals surface area contributed by atoms with Crippen LogP contribution in [0.15, 0.2) is 58.7 Å². The lowest BCUT2D eigenvalue weighted by Gasteiger charge is -2.32. The predicted molar refractivity (Wildman–Crippen MR) is 111 cm³/mol. The molecule has 0 aromatic rings. The quantitative estimate of drug-likeness (QED) is 0.364. The molecule has 0 atom stereocenters. The van der Waals surface area contributed by atoms with Gasteiger partial charge in [0.15, 0.2) is 0 Å². The van der Waals surface area contributed by atoms with Crippen molar-refractivity contribution in [2.24, 2.45) is 5.41 Å². The molecule has 0 spiro atoms. The summed E-state index contributed by atoms with van der Waals surface area (Å²) in [6.45, 7) is 11.5. The number of nitrogens with one attached hydrogen (secondary N) is 1. The number of carbonyl (C=O) groups excluding carboxylic acids is 1. The Morgan fingerprint density at radius 1 is 1.23 bits per heavy atom. The fourth-order valence-corrected chi connectivity index (χ4v) is 3.23. The minimum absolute atomic E-state index is 0.0913. The molecule has 2 N–H and O–H groups in total. The van der Waals surface area contributed by atoms with Gasteiger partial charge in [0, 0.05) is 19.2 Å². The van der Waals surface area contributed by atoms with Crippen molar-refractivity contribution in [1.29, 1.82) is 0 Å². The van der Waals surface area contributed by atoms with Gasteiger partial charge in [0.05, 0.1) is 0 Å². The molecule has 0 bridgehead atoms. The molecule has 1 amide bonds. The topological polar surface area (TPSA) is 49.3 Å². The monoisotopic (exact) mass is 357 g/mol. The van der Waals surface area contributed by atoms with Crippen LogP contribution in [0.1, 0.15) is 60.3 Å². The Labute approximate surface area is 159 Å². The highest BCUT2D eigenvalue weighted by atomic mass is 16.3. The summed E-state index contributed by atoms with van der Waals surface area (Å²) in [6, 6.07) is 0. The van der Waals surface area contributed by atoms with Gasteiger partial charge in [-0.1, -0.05) is 55.4 Å². The van der Waals surface area contributed by atoms with Gasteiger partial charge in [-0.05, 0) is 63.0 Å². The number of hydrogen-bond acceptors (Lipinski definition) is 2. The first kappa shape index (κ1) is 22.2. The highest BCUT2D eigenvalue weighted by molar-refractivity contribution is 5.88. The van der Waals surface area contributed by atoms with Crippen molar-refractivity contribution in [1.82, 2.24) is 5.32 Å². The van der Waals surface area contributed by atoms with Crippen molar-refractivity contribution in [3.63, 3.8) is 0 Å². The summed E-state index contributed by atoms with van der Waals surface area (Å²) in [4.78, 5) is 11.7. The molecule has 26 heavy (non-hydrogen) atoms. The Bertz CT molecular complexity index is 631. The Morgan fingerprint density at radius 2 is 1.96 bits per heavy atom. The maximum atomic E-state index is 11.7. The minimum Gasteiger partial charge on any atom is -0.396 e. The smallest absolute Gasteiger partial charge is 0.244 e. The van der Waals surface area contributed by atoms with Gasteiger partial charge in [-0.25, -0.2) is 0 Å². The van der Waals surface area contributed by atoms with Gasteiger partial charge in [-0.3, -0.25) is 4.79 Å². The number of aliphatic hydroxyl groups excluding tert-OH is 1. The molecule has 0 radical (unpaired) electrons. The van der Waals surface area contributed by atoms with Crippen LogP contribution in [0.4, 0.5) is 0 Å². The van der Waals surface area contributed by atoms with Crippen molar-refractivity contribution >= 4 is 5.91 Å². The first-order valence-corrected chi connectivity index (χ1v) is 9.56. The summed E-state index contributed by atoms with van der Waals surface area (Å²) in [5.41, 5.74) is 5.31. The first-order valence-electron chi connectivity index (χ1n) is 9.56. The average Bonchev–Trinajstić information content (AvgIpc) is 2.54. The highest BCUT2D eigenvalue weighted by Gasteiger charge is 2.26. The first-order chi connectivity index (χ1) is 12.3. The summed E-state index contributed by atoms with van der Waals surface area (Å²) < 4.78 is 0. The normalized spacial score (nSPS) is 18.8. The zero-order chi connectivity index (χ0) is 19.6. The van der Waals surface area contributed by atoms with Crippen LogP contribution in [0.5, 0.6) is 0 Å². The van der Waals surface area contributed by atoms with Crippen molar-refractivity contribution in [3.05, 3.63) is 58.7 Å². The van der Waals surface area contributed by atoms with E-state index in [1.807, 2.05) is 19.1 Å². The van der Waals surface area contributed by atoms with Crippen LogP contribution in [0, 0.1) is 5.41 Å². The van der Waals surface area contributed by atoms with Gasteiger partial charge < -0.3 is 10.4 Å². The number of carbonyl (C=O) groups is 1. The Morgan fingerprint density at radius 3 is 2.62 bits per heavy atom. The van der Waals surface area contributed by atoms with E-state index in [9.17, 15) is 4.79 Å². The Hall–Kier alpha value is -1.87. The molecule has 1 rings (SSSR count). The fraction of sp³-hybridized carbons (Fsp3) is 0.522. The van der Waals surface area contributed by atoms with Gasteiger partial charge in [0.2, 0.25) is 5.91 Å². The fourth-order valence-electron chi connectivity index (χ4n) is 3.23. The van der Waals surface area contributed by atoms with E-state index in [0.29, 0.717) is 13.0 Å². The van der Waals surface area contributed by atoms with E-state index < -0.39 is 0 Å². The molecule has 0 unspecified atom stereocenters. The molecule has 0 saturated carbocycles. The third kappa shape index (κ3) is 8.01. The van der Waals surface area contributed by atoms with E-state index in [1.54, 1.807) is 6.08 Å². The SMILES string of the molecule is CC1=C(/C=C/C(C)=C/C=C/C(C)=C/C(=O)NCCCO)C(C)(C)CCC1. The lowest BCUT2D eigenvalue weighted by atomic mass is 9.72. The van der Waals surface area contributed by atoms with Crippen molar-refractivity contribution < 1.29 is 9.90 Å². The zero-order valence-electron chi connectivity index (χ0n) is 17.1. The highest BCUT2D eigenvalue weighted by Crippen LogP contribution is 2.40. The van der Waals surface area contributed by atoms with Crippen LogP contribution in [0.25, 0.3) is 0 Å². The summed E-state index contributed by atoms with van der Waals surface area (Å²) in [7, 11) is 0. The zero-order valence-corrected chi connectivity index (χ0v) is 17.1. The molecule has 0 saturated heterocycles. The van der Waals surface area contributed by atoms with E-state index >= 15 is 0 Å². The van der Waals surface area contributed by atoms with E-state index in [4.69, 9.17) is 5.11 Å². The largest absolute Gasteiger partial charge is 0.396 e. The van der Waals surface area contributed by atoms with Crippen molar-refractivity contribution in [2.45, 2.75) is 60.3 Å². The molecule has 3 heteroatoms. The molecule has 0 aromatic carbocycles. The van der Waals surface area contributed by atoms with Gasteiger partial charge in [-0.2, -0.15) is 0 Å². The van der Waals surface area contributed by atoms with E-state index in [2.05, 4.69) is 51.2 Å². The van der Waals surface area contributed by atoms with E-state index in [-0.39, 0.29) is 17.9 Å². The molecule has 144 valence electrons. The molecular formula is C23H35NO2. The molecule has 3 nitrogen and oxygen atoms in total. The summed E-state index contributed by atoms with van der Waals surface area (Å²) >= 11 is 0. The van der Waals surface area contributed by atoms with E-state index in [0.717, 1.165) is 5.57 Å². The predicted octanol–water partition coefficient (Wildman–Crippen LogP) is 5.02. The number of hydrogen-bond donors (Lipinski definition) is 2. The van der Waals surface area contributed by atoms with Crippen LogP contribution >= 0.6 is 0 Å². The maximum absolute atomic E-state index is 11.7. The maximum Gasteiger partial charge on any atom is 0.244 e. The third-order valence-corrected chi connectivity index (χ3v) is 4.77. The number of amides is 1. The van der Waals surface area contributed by atoms with Gasteiger partial charge in [-0.15, -0.1) is 0 Å². The van der Waals surface area contributed by atoms with E-state index in [1.165, 1.54) is 36.0 Å². The number of rotatable bonds is 8. The van der Waals surface area contributed by atoms with Crippen LogP contribution in [0.3, 0.4) is 0 Å². The molecular weight excluding hydrogens is 322 g/mol. The second-order valence-electron chi connectivity index (χ2n) is 7.79. The molecule has 0 aromatic heterocycles. The minimum atomic E-state index is -0.122. The van der Waals surface area contributed by atoms with Gasteiger partial charge in [0.1, 0.15) is 0 Å². The second-order valence-corrected chi connectivity index (χ2v) is 7.79. The number of aliphatic hydroxyl groups is 1. The summed E-state index contributed by atoms with van der Waals surface area (Å²) in [5.74, 6) is -0.122. The van der Waals surface area contributed by atoms with Crippen molar-refractivity contribution in [2.75, 3.05) is 13.2 Å². The van der Waals surface area contributed by atoms with Crippen LogP contribution in [-0.2, 0) is 4.79 Å². The van der Waals surface area contributed by atoms with Crippen LogP contribution < -0.4 is 5.32 Å². The molecule has 1 aliphatic rings. The van der Waals surface area contributed by atoms with Crippen molar-refractivity contribution in [3.8, 4) is 0 Å². The lowest BCUT2D eigenvalue weighted by molar-refractivity contribution is -0.116. The Kier molecular flexibility index (Phi) is 9.36. The van der Waals surface area contributed by atoms with Gasteiger partial charge >= 0.3 is 0 Å². The average molecular weight is 358 g/mol. The number of allylic oxidation sites excluding steroid dienone is 9. The standard InChI is InChI=1S/C23H35NO2/c1-18(12-13-21-20(3)11-7-14-23(21,4)5)9-6-10-19(2)17-22(26)24-15-8-16-25/h6,9-10,12-13,17,25H,7-8,11,14-16H2,1-5H3,(H,24,26)/b10-6+,13-12+,18-9+,19-17+.